The zero-order chi connectivity index (χ0) is 24.8. The maximum Gasteiger partial charge on any atom is 0.249 e. The van der Waals surface area contributed by atoms with Crippen molar-refractivity contribution in [2.75, 3.05) is 0 Å². The topological polar surface area (TPSA) is 107 Å². The SMILES string of the molecule is O=C(NC(Cc1ccc(Cl)c(Cl)c1)C(=O)NCc1cnc2[nH]ccc2c1)C(O)Cc1ccccc1. The van der Waals surface area contributed by atoms with Crippen molar-refractivity contribution in [2.45, 2.75) is 31.5 Å². The van der Waals surface area contributed by atoms with Crippen LogP contribution < -0.4 is 10.6 Å². The van der Waals surface area contributed by atoms with Crippen LogP contribution in [0.25, 0.3) is 11.0 Å². The third-order valence-corrected chi connectivity index (χ3v) is 6.29. The first-order chi connectivity index (χ1) is 16.9. The normalized spacial score (nSPS) is 12.8. The first-order valence-corrected chi connectivity index (χ1v) is 11.8. The Morgan fingerprint density at radius 2 is 1.71 bits per heavy atom. The molecule has 4 rings (SSSR count). The van der Waals surface area contributed by atoms with Crippen molar-refractivity contribution in [1.29, 1.82) is 0 Å². The summed E-state index contributed by atoms with van der Waals surface area (Å²) in [5.41, 5.74) is 3.10. The number of hydrogen-bond donors (Lipinski definition) is 4. The third-order valence-electron chi connectivity index (χ3n) is 5.55. The fourth-order valence-corrected chi connectivity index (χ4v) is 4.02. The summed E-state index contributed by atoms with van der Waals surface area (Å²) < 4.78 is 0. The number of carbonyl (C=O) groups excluding carboxylic acids is 2. The van der Waals surface area contributed by atoms with Crippen LogP contribution in [-0.4, -0.2) is 39.0 Å². The van der Waals surface area contributed by atoms with Crippen molar-refractivity contribution in [1.82, 2.24) is 20.6 Å². The number of nitrogens with one attached hydrogen (secondary N) is 3. The molecule has 9 heteroatoms. The number of fused-ring (bicyclic) bond motifs is 1. The highest BCUT2D eigenvalue weighted by Crippen LogP contribution is 2.23. The Morgan fingerprint density at radius 3 is 2.49 bits per heavy atom. The Morgan fingerprint density at radius 1 is 0.914 bits per heavy atom. The second kappa shape index (κ2) is 11.4. The van der Waals surface area contributed by atoms with Crippen LogP contribution in [-0.2, 0) is 29.0 Å². The minimum Gasteiger partial charge on any atom is -0.383 e. The molecule has 2 heterocycles. The Balaban J connectivity index is 1.46. The van der Waals surface area contributed by atoms with Crippen molar-refractivity contribution in [3.8, 4) is 0 Å². The number of amides is 2. The van der Waals surface area contributed by atoms with Gasteiger partial charge < -0.3 is 20.7 Å². The quantitative estimate of drug-likeness (QED) is 0.274. The monoisotopic (exact) mass is 510 g/mol. The number of pyridine rings is 1. The number of carbonyl (C=O) groups is 2. The molecule has 2 unspecified atom stereocenters. The van der Waals surface area contributed by atoms with Gasteiger partial charge in [-0.1, -0.05) is 59.6 Å². The molecule has 2 aromatic carbocycles. The van der Waals surface area contributed by atoms with Crippen molar-refractivity contribution in [2.24, 2.45) is 0 Å². The number of aromatic nitrogens is 2. The average molecular weight is 511 g/mol. The van der Waals surface area contributed by atoms with Gasteiger partial charge in [0.05, 0.1) is 10.0 Å². The van der Waals surface area contributed by atoms with Crippen LogP contribution in [0.15, 0.2) is 73.1 Å². The molecule has 4 N–H and O–H groups in total. The van der Waals surface area contributed by atoms with Crippen molar-refractivity contribution >= 4 is 46.0 Å². The summed E-state index contributed by atoms with van der Waals surface area (Å²) in [6.45, 7) is 0.229. The summed E-state index contributed by atoms with van der Waals surface area (Å²) in [5, 5.41) is 17.7. The summed E-state index contributed by atoms with van der Waals surface area (Å²) in [6.07, 6.45) is 2.47. The van der Waals surface area contributed by atoms with Crippen LogP contribution in [0.2, 0.25) is 10.0 Å². The zero-order valence-corrected chi connectivity index (χ0v) is 20.2. The van der Waals surface area contributed by atoms with Crippen molar-refractivity contribution in [3.63, 3.8) is 0 Å². The molecule has 2 amide bonds. The summed E-state index contributed by atoms with van der Waals surface area (Å²) in [7, 11) is 0. The molecule has 35 heavy (non-hydrogen) atoms. The van der Waals surface area contributed by atoms with Gasteiger partial charge in [0.1, 0.15) is 17.8 Å². The number of rotatable bonds is 9. The number of aromatic amines is 1. The Labute approximate surface area is 212 Å². The van der Waals surface area contributed by atoms with Gasteiger partial charge >= 0.3 is 0 Å². The van der Waals surface area contributed by atoms with Gasteiger partial charge in [0, 0.05) is 37.2 Å². The minimum atomic E-state index is -1.30. The van der Waals surface area contributed by atoms with Gasteiger partial charge in [-0.05, 0) is 41.0 Å². The second-order valence-corrected chi connectivity index (χ2v) is 9.01. The van der Waals surface area contributed by atoms with Crippen LogP contribution in [0.4, 0.5) is 0 Å². The molecular formula is C26H24Cl2N4O3. The highest BCUT2D eigenvalue weighted by molar-refractivity contribution is 6.42. The number of aliphatic hydroxyl groups is 1. The summed E-state index contributed by atoms with van der Waals surface area (Å²) >= 11 is 12.1. The lowest BCUT2D eigenvalue weighted by Gasteiger charge is -2.21. The van der Waals surface area contributed by atoms with E-state index in [-0.39, 0.29) is 19.4 Å². The van der Waals surface area contributed by atoms with E-state index in [0.29, 0.717) is 15.6 Å². The van der Waals surface area contributed by atoms with E-state index in [4.69, 9.17) is 23.2 Å². The number of hydrogen-bond acceptors (Lipinski definition) is 4. The molecule has 4 aromatic rings. The first kappa shape index (κ1) is 24.7. The minimum absolute atomic E-state index is 0.135. The van der Waals surface area contributed by atoms with E-state index in [2.05, 4.69) is 20.6 Å². The molecule has 7 nitrogen and oxygen atoms in total. The van der Waals surface area contributed by atoms with Crippen molar-refractivity contribution < 1.29 is 14.7 Å². The van der Waals surface area contributed by atoms with E-state index in [9.17, 15) is 14.7 Å². The maximum atomic E-state index is 13.1. The number of H-pyrrole nitrogens is 1. The van der Waals surface area contributed by atoms with Crippen LogP contribution in [0, 0.1) is 0 Å². The molecule has 2 atom stereocenters. The molecular weight excluding hydrogens is 487 g/mol. The van der Waals surface area contributed by atoms with E-state index < -0.39 is 24.0 Å². The molecule has 180 valence electrons. The zero-order valence-electron chi connectivity index (χ0n) is 18.7. The van der Waals surface area contributed by atoms with E-state index in [0.717, 1.165) is 22.2 Å². The molecule has 0 saturated carbocycles. The smallest absolute Gasteiger partial charge is 0.249 e. The van der Waals surface area contributed by atoms with E-state index in [1.807, 2.05) is 42.5 Å². The van der Waals surface area contributed by atoms with Crippen LogP contribution in [0.1, 0.15) is 16.7 Å². The molecule has 0 saturated heterocycles. The number of halogens is 2. The van der Waals surface area contributed by atoms with Gasteiger partial charge in [0.15, 0.2) is 0 Å². The number of benzene rings is 2. The van der Waals surface area contributed by atoms with Crippen LogP contribution in [0.5, 0.6) is 0 Å². The van der Waals surface area contributed by atoms with E-state index >= 15 is 0 Å². The first-order valence-electron chi connectivity index (χ1n) is 11.0. The average Bonchev–Trinajstić information content (AvgIpc) is 3.33. The molecule has 0 fully saturated rings. The van der Waals surface area contributed by atoms with Gasteiger partial charge in [0.25, 0.3) is 0 Å². The Bertz CT molecular complexity index is 1330. The molecule has 0 aliphatic rings. The highest BCUT2D eigenvalue weighted by Gasteiger charge is 2.25. The lowest BCUT2D eigenvalue weighted by Crippen LogP contribution is -2.51. The molecule has 0 radical (unpaired) electrons. The molecule has 0 aliphatic carbocycles. The predicted octanol–water partition coefficient (Wildman–Crippen LogP) is 3.82. The van der Waals surface area contributed by atoms with Crippen molar-refractivity contribution in [3.05, 3.63) is 99.8 Å². The Hall–Kier alpha value is -3.39. The highest BCUT2D eigenvalue weighted by atomic mass is 35.5. The van der Waals surface area contributed by atoms with E-state index in [1.165, 1.54) is 0 Å². The third kappa shape index (κ3) is 6.60. The summed E-state index contributed by atoms with van der Waals surface area (Å²) in [4.78, 5) is 33.2. The van der Waals surface area contributed by atoms with Crippen LogP contribution in [0.3, 0.4) is 0 Å². The second-order valence-electron chi connectivity index (χ2n) is 8.20. The predicted molar refractivity (Wildman–Crippen MR) is 136 cm³/mol. The van der Waals surface area contributed by atoms with Gasteiger partial charge in [-0.3, -0.25) is 9.59 Å². The number of aliphatic hydroxyl groups excluding tert-OH is 1. The van der Waals surface area contributed by atoms with Gasteiger partial charge in [0.2, 0.25) is 11.8 Å². The van der Waals surface area contributed by atoms with Crippen LogP contribution >= 0.6 is 23.2 Å². The summed E-state index contributed by atoms with van der Waals surface area (Å²) in [6, 6.07) is 17.1. The van der Waals surface area contributed by atoms with Gasteiger partial charge in [-0.25, -0.2) is 4.98 Å². The molecule has 0 bridgehead atoms. The van der Waals surface area contributed by atoms with Gasteiger partial charge in [-0.15, -0.1) is 0 Å². The fourth-order valence-electron chi connectivity index (χ4n) is 3.70. The van der Waals surface area contributed by atoms with E-state index in [1.54, 1.807) is 30.6 Å². The standard InChI is InChI=1S/C26H24Cl2N4O3/c27-20-7-6-17(11-21(20)28)12-22(32-26(35)23(33)13-16-4-2-1-3-5-16)25(34)31-15-18-10-19-8-9-29-24(19)30-14-18/h1-11,14,22-23,33H,12-13,15H2,(H,29,30)(H,31,34)(H,32,35). The number of nitrogens with zero attached hydrogens (tertiary/aromatic N) is 1. The lowest BCUT2D eigenvalue weighted by molar-refractivity contribution is -0.134. The molecule has 0 aliphatic heterocycles. The Kier molecular flexibility index (Phi) is 8.02. The largest absolute Gasteiger partial charge is 0.383 e. The molecule has 0 spiro atoms. The summed E-state index contributed by atoms with van der Waals surface area (Å²) in [5.74, 6) is -1.03. The fraction of sp³-hybridized carbons (Fsp3) is 0.192. The van der Waals surface area contributed by atoms with Gasteiger partial charge in [-0.2, -0.15) is 0 Å². The lowest BCUT2D eigenvalue weighted by atomic mass is 10.0. The molecule has 2 aromatic heterocycles. The maximum absolute atomic E-state index is 13.1.